The highest BCUT2D eigenvalue weighted by atomic mass is 32.2. The molecule has 0 bridgehead atoms. The predicted octanol–water partition coefficient (Wildman–Crippen LogP) is 3.38. The number of aryl methyl sites for hydroxylation is 2. The second-order valence-corrected chi connectivity index (χ2v) is 8.94. The minimum absolute atomic E-state index is 0.0889. The Bertz CT molecular complexity index is 1040. The van der Waals surface area contributed by atoms with Crippen molar-refractivity contribution in [3.05, 3.63) is 82.3 Å². The highest BCUT2D eigenvalue weighted by molar-refractivity contribution is 8.03. The summed E-state index contributed by atoms with van der Waals surface area (Å²) in [6.07, 6.45) is 1.84. The molecule has 2 aliphatic rings. The lowest BCUT2D eigenvalue weighted by Gasteiger charge is -2.41. The van der Waals surface area contributed by atoms with Crippen molar-refractivity contribution < 1.29 is 14.4 Å². The fourth-order valence-corrected chi connectivity index (χ4v) is 4.87. The molecule has 1 N–H and O–H groups in total. The van der Waals surface area contributed by atoms with Gasteiger partial charge in [0.05, 0.1) is 12.6 Å². The van der Waals surface area contributed by atoms with Crippen LogP contribution in [0.5, 0.6) is 0 Å². The van der Waals surface area contributed by atoms with Gasteiger partial charge in [-0.25, -0.2) is 4.79 Å². The third-order valence-corrected chi connectivity index (χ3v) is 6.80. The van der Waals surface area contributed by atoms with Gasteiger partial charge in [-0.1, -0.05) is 54.6 Å². The van der Waals surface area contributed by atoms with E-state index < -0.39 is 17.3 Å². The summed E-state index contributed by atoms with van der Waals surface area (Å²) in [6, 6.07) is 14.7. The lowest BCUT2D eigenvalue weighted by molar-refractivity contribution is -0.133. The second kappa shape index (κ2) is 8.98. The van der Waals surface area contributed by atoms with Gasteiger partial charge in [-0.3, -0.25) is 14.5 Å². The van der Waals surface area contributed by atoms with Crippen LogP contribution in [0.1, 0.15) is 22.3 Å². The Morgan fingerprint density at radius 1 is 1.03 bits per heavy atom. The Balaban J connectivity index is 1.48. The van der Waals surface area contributed by atoms with Crippen molar-refractivity contribution in [2.45, 2.75) is 38.2 Å². The zero-order chi connectivity index (χ0) is 22.0. The molecular weight excluding hydrogens is 410 g/mol. The van der Waals surface area contributed by atoms with Crippen LogP contribution in [0.15, 0.2) is 60.0 Å². The molecule has 0 spiro atoms. The van der Waals surface area contributed by atoms with Gasteiger partial charge < -0.3 is 10.2 Å². The number of rotatable bonds is 6. The zero-order valence-electron chi connectivity index (χ0n) is 17.6. The molecule has 7 heteroatoms. The highest BCUT2D eigenvalue weighted by Gasteiger charge is 2.47. The van der Waals surface area contributed by atoms with Crippen LogP contribution >= 0.6 is 11.8 Å². The number of benzene rings is 2. The molecule has 0 aliphatic carbocycles. The van der Waals surface area contributed by atoms with E-state index in [-0.39, 0.29) is 24.9 Å². The summed E-state index contributed by atoms with van der Waals surface area (Å²) in [5.41, 5.74) is 4.16. The Kier molecular flexibility index (Phi) is 6.13. The van der Waals surface area contributed by atoms with Crippen LogP contribution in [-0.2, 0) is 22.7 Å². The normalized spacial score (nSPS) is 20.2. The lowest BCUT2D eigenvalue weighted by atomic mass is 10.0. The molecule has 4 amide bonds. The molecule has 2 aliphatic heterocycles. The summed E-state index contributed by atoms with van der Waals surface area (Å²) in [6.45, 7) is 4.54. The molecular formula is C24H25N3O3S. The van der Waals surface area contributed by atoms with Crippen LogP contribution in [0, 0.1) is 13.8 Å². The van der Waals surface area contributed by atoms with E-state index in [1.54, 1.807) is 0 Å². The smallest absolute Gasteiger partial charge is 0.328 e. The maximum atomic E-state index is 13.3. The summed E-state index contributed by atoms with van der Waals surface area (Å²) in [5, 5.41) is 4.30. The van der Waals surface area contributed by atoms with E-state index in [0.29, 0.717) is 6.54 Å². The monoisotopic (exact) mass is 435 g/mol. The summed E-state index contributed by atoms with van der Waals surface area (Å²) < 4.78 is 0. The van der Waals surface area contributed by atoms with Gasteiger partial charge in [0, 0.05) is 6.54 Å². The van der Waals surface area contributed by atoms with Gasteiger partial charge in [0.15, 0.2) is 0 Å². The standard InChI is InChI=1S/C24H25N3O3S/c1-16-8-9-19(12-17(16)2)14-27-23(29)22-20(10-11-31-22)26(24(27)30)15-21(28)25-13-18-6-4-3-5-7-18/h3-12,20,22H,13-15H2,1-2H3,(H,25,28). The lowest BCUT2D eigenvalue weighted by Crippen LogP contribution is -2.62. The maximum Gasteiger partial charge on any atom is 0.328 e. The minimum atomic E-state index is -0.425. The third kappa shape index (κ3) is 4.51. The molecule has 4 rings (SSSR count). The molecule has 160 valence electrons. The number of hydrogen-bond donors (Lipinski definition) is 1. The average Bonchev–Trinajstić information content (AvgIpc) is 3.26. The van der Waals surface area contributed by atoms with E-state index in [9.17, 15) is 14.4 Å². The summed E-state index contributed by atoms with van der Waals surface area (Å²) in [5.74, 6) is -0.453. The predicted molar refractivity (Wildman–Crippen MR) is 121 cm³/mol. The molecule has 0 aromatic heterocycles. The van der Waals surface area contributed by atoms with Gasteiger partial charge in [-0.2, -0.15) is 0 Å². The molecule has 2 heterocycles. The number of amides is 4. The molecule has 1 saturated heterocycles. The number of nitrogens with one attached hydrogen (secondary N) is 1. The van der Waals surface area contributed by atoms with Crippen LogP contribution in [-0.4, -0.2) is 45.5 Å². The Morgan fingerprint density at radius 2 is 1.81 bits per heavy atom. The minimum Gasteiger partial charge on any atom is -0.350 e. The first kappa shape index (κ1) is 21.2. The van der Waals surface area contributed by atoms with Crippen molar-refractivity contribution in [2.75, 3.05) is 6.54 Å². The van der Waals surface area contributed by atoms with Gasteiger partial charge in [-0.15, -0.1) is 11.8 Å². The van der Waals surface area contributed by atoms with Crippen LogP contribution in [0.3, 0.4) is 0 Å². The second-order valence-electron chi connectivity index (χ2n) is 7.89. The molecule has 2 aromatic carbocycles. The zero-order valence-corrected chi connectivity index (χ0v) is 18.4. The van der Waals surface area contributed by atoms with Crippen molar-refractivity contribution in [1.29, 1.82) is 0 Å². The van der Waals surface area contributed by atoms with E-state index >= 15 is 0 Å². The topological polar surface area (TPSA) is 69.7 Å². The van der Waals surface area contributed by atoms with Gasteiger partial charge in [-0.05, 0) is 41.5 Å². The van der Waals surface area contributed by atoms with Crippen molar-refractivity contribution in [3.8, 4) is 0 Å². The van der Waals surface area contributed by atoms with Crippen LogP contribution < -0.4 is 5.32 Å². The number of hydrogen-bond acceptors (Lipinski definition) is 4. The van der Waals surface area contributed by atoms with E-state index in [2.05, 4.69) is 5.32 Å². The van der Waals surface area contributed by atoms with E-state index in [4.69, 9.17) is 0 Å². The van der Waals surface area contributed by atoms with Crippen LogP contribution in [0.25, 0.3) is 0 Å². The molecule has 2 aromatic rings. The first-order valence-corrected chi connectivity index (χ1v) is 11.2. The van der Waals surface area contributed by atoms with Crippen molar-refractivity contribution in [2.24, 2.45) is 0 Å². The SMILES string of the molecule is Cc1ccc(CN2C(=O)C3SC=CC3N(CC(=O)NCc3ccccc3)C2=O)cc1C. The van der Waals surface area contributed by atoms with E-state index in [1.807, 2.05) is 73.9 Å². The number of imide groups is 1. The number of carbonyl (C=O) groups is 3. The Labute approximate surface area is 186 Å². The van der Waals surface area contributed by atoms with Gasteiger partial charge >= 0.3 is 6.03 Å². The fourth-order valence-electron chi connectivity index (χ4n) is 3.80. The van der Waals surface area contributed by atoms with Crippen LogP contribution in [0.4, 0.5) is 4.79 Å². The van der Waals surface area contributed by atoms with Crippen molar-refractivity contribution in [3.63, 3.8) is 0 Å². The largest absolute Gasteiger partial charge is 0.350 e. The van der Waals surface area contributed by atoms with Crippen molar-refractivity contribution >= 4 is 29.6 Å². The van der Waals surface area contributed by atoms with E-state index in [1.165, 1.54) is 21.6 Å². The summed E-state index contributed by atoms with van der Waals surface area (Å²) >= 11 is 1.40. The number of fused-ring (bicyclic) bond motifs is 1. The summed E-state index contributed by atoms with van der Waals surface area (Å²) in [4.78, 5) is 41.7. The Hall–Kier alpha value is -3.06. The molecule has 2 atom stereocenters. The quantitative estimate of drug-likeness (QED) is 0.755. The molecule has 0 radical (unpaired) electrons. The third-order valence-electron chi connectivity index (χ3n) is 5.72. The molecule has 31 heavy (non-hydrogen) atoms. The summed E-state index contributed by atoms with van der Waals surface area (Å²) in [7, 11) is 0. The number of urea groups is 1. The van der Waals surface area contributed by atoms with Gasteiger partial charge in [0.25, 0.3) is 0 Å². The van der Waals surface area contributed by atoms with Gasteiger partial charge in [0.1, 0.15) is 11.8 Å². The first-order valence-electron chi connectivity index (χ1n) is 10.2. The van der Waals surface area contributed by atoms with Crippen LogP contribution in [0.2, 0.25) is 0 Å². The molecule has 6 nitrogen and oxygen atoms in total. The number of carbonyl (C=O) groups excluding carboxylic acids is 3. The highest BCUT2D eigenvalue weighted by Crippen LogP contribution is 2.34. The van der Waals surface area contributed by atoms with E-state index in [0.717, 1.165) is 22.3 Å². The molecule has 0 saturated carbocycles. The van der Waals surface area contributed by atoms with Gasteiger partial charge in [0.2, 0.25) is 11.8 Å². The van der Waals surface area contributed by atoms with Crippen molar-refractivity contribution in [1.82, 2.24) is 15.1 Å². The average molecular weight is 436 g/mol. The number of nitrogens with zero attached hydrogens (tertiary/aromatic N) is 2. The fraction of sp³-hybridized carbons (Fsp3) is 0.292. The Morgan fingerprint density at radius 3 is 2.55 bits per heavy atom. The molecule has 2 unspecified atom stereocenters. The first-order chi connectivity index (χ1) is 14.9. The number of thioether (sulfide) groups is 1. The molecule has 1 fully saturated rings. The maximum absolute atomic E-state index is 13.3.